The predicted molar refractivity (Wildman–Crippen MR) is 123 cm³/mol. The first-order valence-corrected chi connectivity index (χ1v) is 13.0. The monoisotopic (exact) mass is 439 g/mol. The van der Waals surface area contributed by atoms with Crippen LogP contribution in [-0.4, -0.2) is 45.3 Å². The highest BCUT2D eigenvalue weighted by Gasteiger charge is 2.65. The Morgan fingerprint density at radius 1 is 1.00 bits per heavy atom. The molecule has 4 N–H and O–H groups in total. The topological polar surface area (TPSA) is 80.9 Å². The summed E-state index contributed by atoms with van der Waals surface area (Å²) in [5, 5.41) is 42.8. The van der Waals surface area contributed by atoms with E-state index in [4.69, 9.17) is 4.11 Å². The molecule has 4 saturated carbocycles. The third-order valence-electron chi connectivity index (χ3n) is 11.0. The van der Waals surface area contributed by atoms with Crippen molar-refractivity contribution in [1.29, 1.82) is 0 Å². The number of aliphatic hydroxyl groups excluding tert-OH is 4. The van der Waals surface area contributed by atoms with Crippen molar-refractivity contribution in [3.05, 3.63) is 0 Å². The zero-order valence-electron chi connectivity index (χ0n) is 22.8. The molecular formula is C27H48O4. The molecule has 12 atom stereocenters. The maximum atomic E-state index is 11.7. The Balaban J connectivity index is 1.48. The molecule has 4 aliphatic carbocycles. The van der Waals surface area contributed by atoms with E-state index in [1.54, 1.807) is 0 Å². The molecule has 0 unspecified atom stereocenters. The predicted octanol–water partition coefficient (Wildman–Crippen LogP) is 4.38. The molecule has 4 nitrogen and oxygen atoms in total. The molecule has 0 bridgehead atoms. The molecule has 0 heterocycles. The summed E-state index contributed by atoms with van der Waals surface area (Å²) in [4.78, 5) is 0. The van der Waals surface area contributed by atoms with Crippen LogP contribution < -0.4 is 0 Å². The summed E-state index contributed by atoms with van der Waals surface area (Å²) >= 11 is 0. The van der Waals surface area contributed by atoms with Crippen molar-refractivity contribution in [3.8, 4) is 0 Å². The van der Waals surface area contributed by atoms with Crippen LogP contribution in [0.1, 0.15) is 95.9 Å². The summed E-state index contributed by atoms with van der Waals surface area (Å²) in [6.07, 6.45) is 7.37. The average Bonchev–Trinajstić information content (AvgIpc) is 3.11. The first-order chi connectivity index (χ1) is 15.8. The van der Waals surface area contributed by atoms with Gasteiger partial charge in [-0.3, -0.25) is 0 Å². The zero-order chi connectivity index (χ0) is 25.1. The van der Waals surface area contributed by atoms with E-state index in [9.17, 15) is 20.4 Å². The van der Waals surface area contributed by atoms with Crippen LogP contribution >= 0.6 is 0 Å². The molecule has 4 aliphatic rings. The highest BCUT2D eigenvalue weighted by atomic mass is 16.3. The minimum atomic E-state index is -2.11. The summed E-state index contributed by atoms with van der Waals surface area (Å²) in [6, 6.07) is 0. The second kappa shape index (κ2) is 8.89. The minimum absolute atomic E-state index is 0.0870. The lowest BCUT2D eigenvalue weighted by Crippen LogP contribution is -2.62. The molecule has 180 valence electrons. The summed E-state index contributed by atoms with van der Waals surface area (Å²) < 4.78 is 22.9. The van der Waals surface area contributed by atoms with Crippen molar-refractivity contribution in [2.24, 2.45) is 52.3 Å². The molecule has 4 rings (SSSR count). The van der Waals surface area contributed by atoms with E-state index < -0.39 is 18.9 Å². The van der Waals surface area contributed by atoms with Gasteiger partial charge in [0.1, 0.15) is 0 Å². The van der Waals surface area contributed by atoms with Crippen molar-refractivity contribution in [1.82, 2.24) is 0 Å². The minimum Gasteiger partial charge on any atom is -0.396 e. The van der Waals surface area contributed by atoms with Crippen molar-refractivity contribution < 1.29 is 24.5 Å². The maximum absolute atomic E-state index is 11.7. The van der Waals surface area contributed by atoms with Crippen molar-refractivity contribution in [2.45, 2.75) is 110 Å². The molecule has 4 heteroatoms. The van der Waals surface area contributed by atoms with E-state index in [0.29, 0.717) is 36.0 Å². The van der Waals surface area contributed by atoms with Crippen molar-refractivity contribution in [3.63, 3.8) is 0 Å². The first kappa shape index (κ1) is 20.2. The molecular weight excluding hydrogens is 388 g/mol. The van der Waals surface area contributed by atoms with Crippen LogP contribution in [0.3, 0.4) is 0 Å². The van der Waals surface area contributed by atoms with E-state index >= 15 is 0 Å². The fourth-order valence-corrected chi connectivity index (χ4v) is 9.11. The fourth-order valence-electron chi connectivity index (χ4n) is 9.11. The number of hydrogen-bond acceptors (Lipinski definition) is 4. The molecule has 0 spiro atoms. The van der Waals surface area contributed by atoms with E-state index in [1.807, 2.05) is 0 Å². The number of rotatable bonds is 6. The summed E-state index contributed by atoms with van der Waals surface area (Å²) in [7, 11) is 0. The average molecular weight is 440 g/mol. The van der Waals surface area contributed by atoms with Gasteiger partial charge in [0.2, 0.25) is 0 Å². The Labute approximate surface area is 194 Å². The summed E-state index contributed by atoms with van der Waals surface area (Å²) in [5.41, 5.74) is -0.136. The lowest BCUT2D eigenvalue weighted by atomic mass is 9.43. The highest BCUT2D eigenvalue weighted by Crippen LogP contribution is 2.68. The Morgan fingerprint density at radius 2 is 1.77 bits per heavy atom. The van der Waals surface area contributed by atoms with Crippen LogP contribution in [0.2, 0.25) is 0 Å². The van der Waals surface area contributed by atoms with Crippen molar-refractivity contribution >= 4 is 0 Å². The van der Waals surface area contributed by atoms with Crippen molar-refractivity contribution in [2.75, 3.05) is 6.61 Å². The van der Waals surface area contributed by atoms with Crippen LogP contribution in [0.5, 0.6) is 0 Å². The second-order valence-electron chi connectivity index (χ2n) is 12.3. The summed E-state index contributed by atoms with van der Waals surface area (Å²) in [5.74, 6) is 1.23. The largest absolute Gasteiger partial charge is 0.396 e. The van der Waals surface area contributed by atoms with Gasteiger partial charge in [-0.05, 0) is 104 Å². The molecule has 0 radical (unpaired) electrons. The molecule has 0 saturated heterocycles. The molecule has 4 fully saturated rings. The third-order valence-corrected chi connectivity index (χ3v) is 11.0. The van der Waals surface area contributed by atoms with E-state index in [1.165, 1.54) is 0 Å². The Bertz CT molecular complexity index is 716. The molecule has 0 aliphatic heterocycles. The zero-order valence-corrected chi connectivity index (χ0v) is 19.8. The molecule has 0 aromatic carbocycles. The first-order valence-electron chi connectivity index (χ1n) is 14.5. The van der Waals surface area contributed by atoms with Crippen LogP contribution in [-0.2, 0) is 0 Å². The van der Waals surface area contributed by atoms with Gasteiger partial charge < -0.3 is 20.4 Å². The quantitative estimate of drug-likeness (QED) is 0.495. The lowest BCUT2D eigenvalue weighted by Gasteiger charge is -2.63. The van der Waals surface area contributed by atoms with Gasteiger partial charge >= 0.3 is 0 Å². The normalized spacial score (nSPS) is 53.3. The highest BCUT2D eigenvalue weighted by molar-refractivity contribution is 5.14. The van der Waals surface area contributed by atoms with Crippen LogP contribution in [0.15, 0.2) is 0 Å². The van der Waals surface area contributed by atoms with Gasteiger partial charge in [0.05, 0.1) is 18.3 Å². The number of hydrogen-bond donors (Lipinski definition) is 4. The van der Waals surface area contributed by atoms with Gasteiger partial charge in [0.15, 0.2) is 0 Å². The van der Waals surface area contributed by atoms with Gasteiger partial charge in [-0.15, -0.1) is 0 Å². The number of aliphatic hydroxyl groups is 4. The Hall–Kier alpha value is -0.160. The van der Waals surface area contributed by atoms with Gasteiger partial charge in [0, 0.05) is 10.7 Å². The van der Waals surface area contributed by atoms with E-state index in [0.717, 1.165) is 57.8 Å². The van der Waals surface area contributed by atoms with E-state index in [2.05, 4.69) is 20.8 Å². The van der Waals surface area contributed by atoms with E-state index in [-0.39, 0.29) is 35.6 Å². The molecule has 0 amide bonds. The van der Waals surface area contributed by atoms with Crippen LogP contribution in [0, 0.1) is 52.3 Å². The standard InChI is InChI=1S/C27H48O4/c1-16(15-28)6-5-7-17(2)20-8-9-21-25-22(14-24(31)27(20,21)4)26(3)11-10-19(29)12-18(26)13-23(25)30/h16-25,28-31H,5-15H2,1-4H3/t16-,17+,18-,19+,20+,21-,22-,23+,24-,25-,26-,27+/m0/s1/i1D3. The molecule has 0 aromatic rings. The molecule has 31 heavy (non-hydrogen) atoms. The fraction of sp³-hybridized carbons (Fsp3) is 1.00. The number of fused-ring (bicyclic) bond motifs is 5. The van der Waals surface area contributed by atoms with Gasteiger partial charge in [-0.2, -0.15) is 0 Å². The second-order valence-corrected chi connectivity index (χ2v) is 12.3. The third kappa shape index (κ3) is 3.92. The smallest absolute Gasteiger partial charge is 0.0602 e. The SMILES string of the molecule is [2H]C([2H])([2H])[C@H](CO)CCC[C@@H](C)[C@H]1CC[C@H]2[C@@H]3[C@H](O)C[C@@H]4C[C@H](O)CC[C@]4(C)[C@H]3C[C@H](O)[C@]12C. The van der Waals surface area contributed by atoms with Crippen LogP contribution in [0.4, 0.5) is 0 Å². The Morgan fingerprint density at radius 3 is 2.48 bits per heavy atom. The van der Waals surface area contributed by atoms with Gasteiger partial charge in [-0.1, -0.05) is 40.5 Å². The lowest BCUT2D eigenvalue weighted by molar-refractivity contribution is -0.207. The Kier molecular flexibility index (Phi) is 5.80. The van der Waals surface area contributed by atoms with Gasteiger partial charge in [-0.25, -0.2) is 0 Å². The maximum Gasteiger partial charge on any atom is 0.0602 e. The van der Waals surface area contributed by atoms with Gasteiger partial charge in [0.25, 0.3) is 0 Å². The summed E-state index contributed by atoms with van der Waals surface area (Å²) in [6.45, 7) is 4.46. The van der Waals surface area contributed by atoms with Crippen LogP contribution in [0.25, 0.3) is 0 Å². The molecule has 0 aromatic heterocycles.